The minimum Gasteiger partial charge on any atom is -0.309 e. The summed E-state index contributed by atoms with van der Waals surface area (Å²) in [5.41, 5.74) is 2.65. The van der Waals surface area contributed by atoms with E-state index in [1.165, 1.54) is 12.0 Å². The van der Waals surface area contributed by atoms with Gasteiger partial charge in [0.25, 0.3) is 0 Å². The van der Waals surface area contributed by atoms with E-state index in [-0.39, 0.29) is 5.41 Å². The highest BCUT2D eigenvalue weighted by molar-refractivity contribution is 7.99. The van der Waals surface area contributed by atoms with Gasteiger partial charge in [0.1, 0.15) is 0 Å². The maximum Gasteiger partial charge on any atom is 0.193 e. The molecule has 0 unspecified atom stereocenters. The van der Waals surface area contributed by atoms with Crippen molar-refractivity contribution in [3.05, 3.63) is 29.8 Å². The Labute approximate surface area is 155 Å². The van der Waals surface area contributed by atoms with Gasteiger partial charge in [-0.1, -0.05) is 56.8 Å². The van der Waals surface area contributed by atoms with Crippen LogP contribution in [0.15, 0.2) is 29.4 Å². The van der Waals surface area contributed by atoms with Crippen LogP contribution in [0.25, 0.3) is 11.4 Å². The Morgan fingerprint density at radius 2 is 1.84 bits per heavy atom. The third-order valence-electron chi connectivity index (χ3n) is 4.52. The number of rotatable bonds is 5. The fourth-order valence-corrected chi connectivity index (χ4v) is 3.90. The van der Waals surface area contributed by atoms with Crippen molar-refractivity contribution >= 4 is 11.8 Å². The van der Waals surface area contributed by atoms with Crippen LogP contribution in [0.4, 0.5) is 0 Å². The molecule has 0 saturated heterocycles. The zero-order chi connectivity index (χ0) is 18.0. The number of benzene rings is 1. The van der Waals surface area contributed by atoms with E-state index in [0.29, 0.717) is 0 Å². The topological polar surface area (TPSA) is 37.2 Å². The lowest BCUT2D eigenvalue weighted by molar-refractivity contribution is 0.226. The summed E-state index contributed by atoms with van der Waals surface area (Å²) in [4.78, 5) is 4.71. The smallest absolute Gasteiger partial charge is 0.193 e. The normalized spacial score (nSPS) is 15.6. The highest BCUT2D eigenvalue weighted by atomic mass is 32.2. The second-order valence-corrected chi connectivity index (χ2v) is 8.94. The zero-order valence-electron chi connectivity index (χ0n) is 16.0. The first-order chi connectivity index (χ1) is 11.8. The third-order valence-corrected chi connectivity index (χ3v) is 5.58. The molecule has 1 aromatic carbocycles. The maximum absolute atomic E-state index is 4.46. The summed E-state index contributed by atoms with van der Waals surface area (Å²) in [5.74, 6) is 1.97. The number of aromatic nitrogens is 3. The quantitative estimate of drug-likeness (QED) is 0.816. The molecule has 2 heterocycles. The molecule has 1 aliphatic rings. The van der Waals surface area contributed by atoms with Crippen LogP contribution in [0.5, 0.6) is 0 Å². The molecule has 0 bridgehead atoms. The van der Waals surface area contributed by atoms with E-state index in [4.69, 9.17) is 0 Å². The summed E-state index contributed by atoms with van der Waals surface area (Å²) < 4.78 is 2.25. The van der Waals surface area contributed by atoms with E-state index in [1.807, 2.05) is 0 Å². The first-order valence-corrected chi connectivity index (χ1v) is 9.87. The lowest BCUT2D eigenvalue weighted by Gasteiger charge is -2.28. The van der Waals surface area contributed by atoms with E-state index in [1.54, 1.807) is 11.8 Å². The van der Waals surface area contributed by atoms with E-state index in [2.05, 4.69) is 83.7 Å². The predicted molar refractivity (Wildman–Crippen MR) is 105 cm³/mol. The molecule has 0 spiro atoms. The Balaban J connectivity index is 1.74. The van der Waals surface area contributed by atoms with Crippen molar-refractivity contribution in [1.29, 1.82) is 0 Å². The van der Waals surface area contributed by atoms with Crippen LogP contribution < -0.4 is 0 Å². The lowest BCUT2D eigenvalue weighted by Crippen LogP contribution is -2.32. The summed E-state index contributed by atoms with van der Waals surface area (Å²) in [6.45, 7) is 9.82. The number of thioether (sulfide) groups is 1. The predicted octanol–water partition coefficient (Wildman–Crippen LogP) is 3.52. The van der Waals surface area contributed by atoms with Crippen LogP contribution in [0.1, 0.15) is 32.8 Å². The van der Waals surface area contributed by atoms with Crippen molar-refractivity contribution in [1.82, 2.24) is 24.6 Å². The molecule has 0 aliphatic carbocycles. The van der Waals surface area contributed by atoms with Gasteiger partial charge in [0.05, 0.1) is 12.5 Å². The fraction of sp³-hybridized carbons (Fsp3) is 0.579. The number of nitrogens with zero attached hydrogens (tertiary/aromatic N) is 5. The molecule has 0 saturated carbocycles. The molecule has 1 aliphatic heterocycles. The van der Waals surface area contributed by atoms with E-state index < -0.39 is 0 Å². The van der Waals surface area contributed by atoms with Gasteiger partial charge in [-0.3, -0.25) is 9.47 Å². The molecule has 5 nitrogen and oxygen atoms in total. The van der Waals surface area contributed by atoms with E-state index >= 15 is 0 Å². The Morgan fingerprint density at radius 3 is 2.48 bits per heavy atom. The van der Waals surface area contributed by atoms with Crippen LogP contribution >= 0.6 is 11.8 Å². The maximum atomic E-state index is 4.46. The molecule has 1 aromatic heterocycles. The largest absolute Gasteiger partial charge is 0.309 e. The molecule has 0 fully saturated rings. The van der Waals surface area contributed by atoms with E-state index in [9.17, 15) is 0 Å². The van der Waals surface area contributed by atoms with Crippen LogP contribution in [0.2, 0.25) is 0 Å². The average Bonchev–Trinajstić information content (AvgIpc) is 2.97. The van der Waals surface area contributed by atoms with Crippen molar-refractivity contribution in [2.24, 2.45) is 0 Å². The van der Waals surface area contributed by atoms with Crippen molar-refractivity contribution in [3.8, 4) is 11.4 Å². The van der Waals surface area contributed by atoms with Gasteiger partial charge < -0.3 is 4.90 Å². The summed E-state index contributed by atoms with van der Waals surface area (Å²) in [7, 11) is 4.25. The van der Waals surface area contributed by atoms with Crippen LogP contribution in [-0.2, 0) is 12.1 Å². The van der Waals surface area contributed by atoms with Gasteiger partial charge in [0.15, 0.2) is 11.0 Å². The highest BCUT2D eigenvalue weighted by Crippen LogP contribution is 2.30. The van der Waals surface area contributed by atoms with Crippen LogP contribution in [-0.4, -0.2) is 57.6 Å². The van der Waals surface area contributed by atoms with Gasteiger partial charge in [0, 0.05) is 12.1 Å². The molecule has 0 N–H and O–H groups in total. The minimum atomic E-state index is 0.169. The first kappa shape index (κ1) is 18.4. The number of fused-ring (bicyclic) bond motifs is 1. The van der Waals surface area contributed by atoms with Crippen molar-refractivity contribution in [2.75, 3.05) is 33.1 Å². The molecule has 0 atom stereocenters. The molecule has 2 aromatic rings. The third kappa shape index (κ3) is 4.43. The zero-order valence-corrected chi connectivity index (χ0v) is 16.8. The summed E-state index contributed by atoms with van der Waals surface area (Å²) >= 11 is 1.78. The Morgan fingerprint density at radius 1 is 1.12 bits per heavy atom. The standard InChI is InChI=1S/C19H29N5S/c1-19(2,3)16-9-7-15(8-10-16)17-20-21-18-24(17)13-23(14-25-18)12-6-11-22(4)5/h7-10H,6,11-14H2,1-5H3. The second-order valence-electron chi connectivity index (χ2n) is 8.03. The van der Waals surface area contributed by atoms with Gasteiger partial charge in [0.2, 0.25) is 0 Å². The van der Waals surface area contributed by atoms with Gasteiger partial charge >= 0.3 is 0 Å². The highest BCUT2D eigenvalue weighted by Gasteiger charge is 2.22. The molecule has 25 heavy (non-hydrogen) atoms. The SMILES string of the molecule is CN(C)CCCN1CSc2nnc(-c3ccc(C(C)(C)C)cc3)n2C1. The lowest BCUT2D eigenvalue weighted by atomic mass is 9.87. The van der Waals surface area contributed by atoms with Crippen molar-refractivity contribution < 1.29 is 0 Å². The van der Waals surface area contributed by atoms with Gasteiger partial charge in [-0.05, 0) is 38.0 Å². The average molecular weight is 360 g/mol. The molecule has 6 heteroatoms. The molecule has 0 amide bonds. The summed E-state index contributed by atoms with van der Waals surface area (Å²) in [6, 6.07) is 8.77. The van der Waals surface area contributed by atoms with Crippen molar-refractivity contribution in [2.45, 2.75) is 44.4 Å². The van der Waals surface area contributed by atoms with Gasteiger partial charge in [-0.25, -0.2) is 0 Å². The first-order valence-electron chi connectivity index (χ1n) is 8.88. The molecule has 3 rings (SSSR count). The summed E-state index contributed by atoms with van der Waals surface area (Å²) in [5, 5.41) is 9.87. The Hall–Kier alpha value is -1.37. The molecular formula is C19H29N5S. The van der Waals surface area contributed by atoms with Crippen molar-refractivity contribution in [3.63, 3.8) is 0 Å². The van der Waals surface area contributed by atoms with E-state index in [0.717, 1.165) is 42.2 Å². The number of hydrogen-bond donors (Lipinski definition) is 0. The monoisotopic (exact) mass is 359 g/mol. The van der Waals surface area contributed by atoms with Crippen LogP contribution in [0.3, 0.4) is 0 Å². The number of hydrogen-bond acceptors (Lipinski definition) is 5. The summed E-state index contributed by atoms with van der Waals surface area (Å²) in [6.07, 6.45) is 1.18. The minimum absolute atomic E-state index is 0.169. The molecule has 0 radical (unpaired) electrons. The fourth-order valence-electron chi connectivity index (χ4n) is 2.99. The molecular weight excluding hydrogens is 330 g/mol. The van der Waals surface area contributed by atoms with Gasteiger partial charge in [-0.15, -0.1) is 10.2 Å². The second kappa shape index (κ2) is 7.48. The Kier molecular flexibility index (Phi) is 5.51. The molecule has 136 valence electrons. The van der Waals surface area contributed by atoms with Gasteiger partial charge in [-0.2, -0.15) is 0 Å². The van der Waals surface area contributed by atoms with Crippen LogP contribution in [0, 0.1) is 0 Å². The Bertz CT molecular complexity index is 700.